The Labute approximate surface area is 146 Å². The third-order valence-corrected chi connectivity index (χ3v) is 6.41. The molecule has 2 atom stereocenters. The van der Waals surface area contributed by atoms with Crippen LogP contribution < -0.4 is 5.32 Å². The summed E-state index contributed by atoms with van der Waals surface area (Å²) in [5, 5.41) is 3.93. The summed E-state index contributed by atoms with van der Waals surface area (Å²) in [5.74, 6) is -0.0134. The number of amides is 1. The second-order valence-electron chi connectivity index (χ2n) is 5.94. The van der Waals surface area contributed by atoms with E-state index in [4.69, 9.17) is 23.2 Å². The maximum absolute atomic E-state index is 12.3. The first-order chi connectivity index (χ1) is 10.7. The van der Waals surface area contributed by atoms with Gasteiger partial charge in [0.05, 0.1) is 17.5 Å². The predicted molar refractivity (Wildman–Crippen MR) is 92.6 cm³/mol. The zero-order valence-electron chi connectivity index (χ0n) is 13.1. The molecule has 0 spiro atoms. The van der Waals surface area contributed by atoms with Crippen LogP contribution in [0.2, 0.25) is 10.0 Å². The summed E-state index contributed by atoms with van der Waals surface area (Å²) in [6, 6.07) is 4.56. The highest BCUT2D eigenvalue weighted by atomic mass is 35.5. The second kappa shape index (κ2) is 7.38. The maximum Gasteiger partial charge on any atom is 0.237 e. The van der Waals surface area contributed by atoms with Crippen molar-refractivity contribution in [2.24, 2.45) is 0 Å². The van der Waals surface area contributed by atoms with Gasteiger partial charge in [0.15, 0.2) is 9.84 Å². The molecule has 1 aromatic rings. The normalized spacial score (nSPS) is 21.3. The minimum absolute atomic E-state index is 0.0260. The van der Waals surface area contributed by atoms with Crippen molar-refractivity contribution in [1.82, 2.24) is 10.2 Å². The summed E-state index contributed by atoms with van der Waals surface area (Å²) in [4.78, 5) is 14.1. The number of likely N-dealkylation sites (N-methyl/N-ethyl adjacent to an activating group) is 1. The van der Waals surface area contributed by atoms with Crippen LogP contribution in [0.4, 0.5) is 0 Å². The highest BCUT2D eigenvalue weighted by Gasteiger charge is 2.30. The molecule has 1 aliphatic heterocycles. The van der Waals surface area contributed by atoms with Crippen LogP contribution in [0, 0.1) is 0 Å². The van der Waals surface area contributed by atoms with Gasteiger partial charge in [-0.1, -0.05) is 29.3 Å². The average molecular weight is 379 g/mol. The summed E-state index contributed by atoms with van der Waals surface area (Å²) in [6.07, 6.45) is 0.480. The quantitative estimate of drug-likeness (QED) is 0.851. The first-order valence-electron chi connectivity index (χ1n) is 7.33. The molecule has 1 fully saturated rings. The topological polar surface area (TPSA) is 66.5 Å². The van der Waals surface area contributed by atoms with Gasteiger partial charge < -0.3 is 5.32 Å². The van der Waals surface area contributed by atoms with Crippen LogP contribution in [0.5, 0.6) is 0 Å². The van der Waals surface area contributed by atoms with Gasteiger partial charge in [0.25, 0.3) is 0 Å². The highest BCUT2D eigenvalue weighted by Crippen LogP contribution is 2.22. The molecule has 23 heavy (non-hydrogen) atoms. The number of benzene rings is 1. The Bertz CT molecular complexity index is 694. The SMILES string of the molecule is C[C@H](C(=O)N[C@@H]1CCS(=O)(=O)C1)N(C)Cc1ccc(Cl)cc1Cl. The molecule has 128 valence electrons. The molecule has 1 saturated heterocycles. The van der Waals surface area contributed by atoms with Crippen LogP contribution in [-0.2, 0) is 21.2 Å². The van der Waals surface area contributed by atoms with E-state index in [2.05, 4.69) is 5.32 Å². The van der Waals surface area contributed by atoms with Crippen molar-refractivity contribution < 1.29 is 13.2 Å². The van der Waals surface area contributed by atoms with Gasteiger partial charge in [-0.25, -0.2) is 8.42 Å². The first-order valence-corrected chi connectivity index (χ1v) is 9.90. The molecule has 2 rings (SSSR count). The van der Waals surface area contributed by atoms with E-state index in [0.717, 1.165) is 5.56 Å². The van der Waals surface area contributed by atoms with Crippen molar-refractivity contribution in [3.8, 4) is 0 Å². The Kier molecular flexibility index (Phi) is 5.94. The number of sulfone groups is 1. The lowest BCUT2D eigenvalue weighted by Crippen LogP contribution is -2.47. The van der Waals surface area contributed by atoms with Crippen LogP contribution >= 0.6 is 23.2 Å². The minimum atomic E-state index is -3.00. The Morgan fingerprint density at radius 3 is 2.70 bits per heavy atom. The molecular weight excluding hydrogens is 359 g/mol. The fraction of sp³-hybridized carbons (Fsp3) is 0.533. The summed E-state index contributed by atoms with van der Waals surface area (Å²) in [5.41, 5.74) is 0.877. The molecule has 0 aromatic heterocycles. The maximum atomic E-state index is 12.3. The number of hydrogen-bond donors (Lipinski definition) is 1. The fourth-order valence-electron chi connectivity index (χ4n) is 2.49. The Balaban J connectivity index is 1.93. The molecule has 0 aliphatic carbocycles. The second-order valence-corrected chi connectivity index (χ2v) is 9.01. The highest BCUT2D eigenvalue weighted by molar-refractivity contribution is 7.91. The lowest BCUT2D eigenvalue weighted by molar-refractivity contribution is -0.126. The van der Waals surface area contributed by atoms with Crippen molar-refractivity contribution in [3.05, 3.63) is 33.8 Å². The molecule has 1 aliphatic rings. The Morgan fingerprint density at radius 2 is 2.13 bits per heavy atom. The van der Waals surface area contributed by atoms with Crippen LogP contribution in [0.25, 0.3) is 0 Å². The lowest BCUT2D eigenvalue weighted by atomic mass is 10.1. The molecule has 0 radical (unpaired) electrons. The minimum Gasteiger partial charge on any atom is -0.351 e. The third-order valence-electron chi connectivity index (χ3n) is 4.05. The standard InChI is InChI=1S/C15H20Cl2N2O3S/c1-10(15(20)18-13-5-6-23(21,22)9-13)19(2)8-11-3-4-12(16)7-14(11)17/h3-4,7,10,13H,5-6,8-9H2,1-2H3,(H,18,20)/t10-,13-/m1/s1. The van der Waals surface area contributed by atoms with E-state index in [1.165, 1.54) is 0 Å². The summed E-state index contributed by atoms with van der Waals surface area (Å²) < 4.78 is 22.9. The summed E-state index contributed by atoms with van der Waals surface area (Å²) in [6.45, 7) is 2.27. The number of rotatable bonds is 5. The van der Waals surface area contributed by atoms with Gasteiger partial charge in [0.1, 0.15) is 0 Å². The van der Waals surface area contributed by atoms with E-state index in [1.54, 1.807) is 19.1 Å². The van der Waals surface area contributed by atoms with Gasteiger partial charge in [-0.2, -0.15) is 0 Å². The van der Waals surface area contributed by atoms with E-state index < -0.39 is 15.9 Å². The molecule has 1 heterocycles. The number of carbonyl (C=O) groups is 1. The Hall–Kier alpha value is -0.820. The van der Waals surface area contributed by atoms with Crippen LogP contribution in [0.1, 0.15) is 18.9 Å². The molecule has 1 aromatic carbocycles. The number of nitrogens with zero attached hydrogens (tertiary/aromatic N) is 1. The van der Waals surface area contributed by atoms with Crippen molar-refractivity contribution in [3.63, 3.8) is 0 Å². The van der Waals surface area contributed by atoms with Crippen molar-refractivity contribution in [1.29, 1.82) is 0 Å². The van der Waals surface area contributed by atoms with E-state index in [9.17, 15) is 13.2 Å². The molecule has 0 unspecified atom stereocenters. The van der Waals surface area contributed by atoms with E-state index in [-0.39, 0.29) is 23.5 Å². The smallest absolute Gasteiger partial charge is 0.237 e. The van der Waals surface area contributed by atoms with Gasteiger partial charge in [0.2, 0.25) is 5.91 Å². The summed E-state index contributed by atoms with van der Waals surface area (Å²) >= 11 is 12.0. The summed E-state index contributed by atoms with van der Waals surface area (Å²) in [7, 11) is -1.18. The van der Waals surface area contributed by atoms with Crippen molar-refractivity contribution in [2.45, 2.75) is 32.0 Å². The molecule has 5 nitrogen and oxygen atoms in total. The fourth-order valence-corrected chi connectivity index (χ4v) is 4.63. The molecule has 8 heteroatoms. The van der Waals surface area contributed by atoms with Gasteiger partial charge >= 0.3 is 0 Å². The van der Waals surface area contributed by atoms with E-state index in [1.807, 2.05) is 18.0 Å². The Morgan fingerprint density at radius 1 is 1.43 bits per heavy atom. The van der Waals surface area contributed by atoms with Crippen molar-refractivity contribution in [2.75, 3.05) is 18.6 Å². The number of carbonyl (C=O) groups excluding carboxylic acids is 1. The van der Waals surface area contributed by atoms with Crippen LogP contribution in [0.15, 0.2) is 18.2 Å². The molecular formula is C15H20Cl2N2O3S. The molecule has 0 bridgehead atoms. The number of nitrogens with one attached hydrogen (secondary N) is 1. The lowest BCUT2D eigenvalue weighted by Gasteiger charge is -2.25. The largest absolute Gasteiger partial charge is 0.351 e. The number of halogens is 2. The van der Waals surface area contributed by atoms with Gasteiger partial charge in [-0.15, -0.1) is 0 Å². The van der Waals surface area contributed by atoms with E-state index >= 15 is 0 Å². The van der Waals surface area contributed by atoms with E-state index in [0.29, 0.717) is 23.0 Å². The van der Waals surface area contributed by atoms with Crippen molar-refractivity contribution >= 4 is 38.9 Å². The monoisotopic (exact) mass is 378 g/mol. The molecule has 0 saturated carbocycles. The number of hydrogen-bond acceptors (Lipinski definition) is 4. The average Bonchev–Trinajstić information content (AvgIpc) is 2.80. The van der Waals surface area contributed by atoms with Crippen LogP contribution in [-0.4, -0.2) is 49.9 Å². The van der Waals surface area contributed by atoms with Gasteiger partial charge in [-0.3, -0.25) is 9.69 Å². The predicted octanol–water partition coefficient (Wildman–Crippen LogP) is 2.12. The first kappa shape index (κ1) is 18.5. The molecule has 1 amide bonds. The third kappa shape index (κ3) is 5.08. The molecule has 1 N–H and O–H groups in total. The van der Waals surface area contributed by atoms with Gasteiger partial charge in [0, 0.05) is 22.6 Å². The van der Waals surface area contributed by atoms with Crippen LogP contribution in [0.3, 0.4) is 0 Å². The zero-order valence-corrected chi connectivity index (χ0v) is 15.4. The zero-order chi connectivity index (χ0) is 17.2. The van der Waals surface area contributed by atoms with Gasteiger partial charge in [-0.05, 0) is 38.1 Å².